The fourth-order valence-corrected chi connectivity index (χ4v) is 5.32. The zero-order valence-electron chi connectivity index (χ0n) is 15.0. The molecule has 0 saturated heterocycles. The van der Waals surface area contributed by atoms with Crippen LogP contribution in [0.3, 0.4) is 0 Å². The summed E-state index contributed by atoms with van der Waals surface area (Å²) in [6, 6.07) is 11.8. The molecule has 26 heavy (non-hydrogen) atoms. The number of nitrogens with zero attached hydrogens (tertiary/aromatic N) is 2. The molecule has 1 fully saturated rings. The Hall–Kier alpha value is -2.34. The van der Waals surface area contributed by atoms with Crippen molar-refractivity contribution in [3.63, 3.8) is 0 Å². The summed E-state index contributed by atoms with van der Waals surface area (Å²) in [6.45, 7) is 4.36. The number of carbonyl (C=O) groups excluding carboxylic acids is 1. The van der Waals surface area contributed by atoms with Crippen molar-refractivity contribution >= 4 is 27.4 Å². The zero-order chi connectivity index (χ0) is 18.5. The third-order valence-electron chi connectivity index (χ3n) is 5.19. The van der Waals surface area contributed by atoms with Gasteiger partial charge in [0.05, 0.1) is 11.4 Å². The van der Waals surface area contributed by atoms with E-state index in [-0.39, 0.29) is 4.90 Å². The van der Waals surface area contributed by atoms with Crippen LogP contribution < -0.4 is 9.21 Å². The van der Waals surface area contributed by atoms with Crippen molar-refractivity contribution in [2.45, 2.75) is 38.0 Å². The van der Waals surface area contributed by atoms with Gasteiger partial charge in [-0.2, -0.15) is 4.31 Å². The second-order valence-electron chi connectivity index (χ2n) is 7.27. The quantitative estimate of drug-likeness (QED) is 0.812. The molecule has 1 aliphatic heterocycles. The molecule has 2 aromatic carbocycles. The lowest BCUT2D eigenvalue weighted by atomic mass is 9.85. The summed E-state index contributed by atoms with van der Waals surface area (Å²) >= 11 is 0. The number of carbonyl (C=O) groups is 1. The van der Waals surface area contributed by atoms with E-state index in [2.05, 4.69) is 0 Å². The van der Waals surface area contributed by atoms with E-state index in [0.29, 0.717) is 23.8 Å². The number of aryl methyl sites for hydroxylation is 2. The maximum absolute atomic E-state index is 13.3. The molecule has 1 heterocycles. The smallest absolute Gasteiger partial charge is 0.292 e. The number of hydrogen-bond acceptors (Lipinski definition) is 3. The van der Waals surface area contributed by atoms with E-state index in [0.717, 1.165) is 28.3 Å². The van der Waals surface area contributed by atoms with Gasteiger partial charge in [-0.1, -0.05) is 24.6 Å². The number of fused-ring (bicyclic) bond motifs is 1. The fraction of sp³-hybridized carbons (Fsp3) is 0.350. The van der Waals surface area contributed by atoms with Crippen LogP contribution in [0.15, 0.2) is 47.4 Å². The number of para-hydroxylation sites is 1. The van der Waals surface area contributed by atoms with Crippen molar-refractivity contribution in [1.82, 2.24) is 0 Å². The third-order valence-corrected chi connectivity index (χ3v) is 6.93. The lowest BCUT2D eigenvalue weighted by Gasteiger charge is -2.39. The summed E-state index contributed by atoms with van der Waals surface area (Å²) < 4.78 is 27.4. The normalized spacial score (nSPS) is 19.2. The van der Waals surface area contributed by atoms with E-state index < -0.39 is 16.1 Å². The average Bonchev–Trinajstić information content (AvgIpc) is 2.52. The molecule has 0 unspecified atom stereocenters. The van der Waals surface area contributed by atoms with Crippen LogP contribution in [0.2, 0.25) is 0 Å². The third kappa shape index (κ3) is 2.69. The van der Waals surface area contributed by atoms with Gasteiger partial charge in [0.2, 0.25) is 0 Å². The molecule has 4 rings (SSSR count). The van der Waals surface area contributed by atoms with E-state index in [1.165, 1.54) is 6.42 Å². The highest BCUT2D eigenvalue weighted by molar-refractivity contribution is 7.94. The van der Waals surface area contributed by atoms with Crippen molar-refractivity contribution in [1.29, 1.82) is 0 Å². The number of anilines is 2. The SMILES string of the molecule is Cc1cc(C)cc(N2C(=O)N(CC3CCC3)c3ccccc3S2(=O)=O)c1. The Labute approximate surface area is 154 Å². The molecule has 5 nitrogen and oxygen atoms in total. The second kappa shape index (κ2) is 6.13. The molecule has 0 aromatic heterocycles. The molecule has 136 valence electrons. The molecule has 1 saturated carbocycles. The lowest BCUT2D eigenvalue weighted by Crippen LogP contribution is -2.52. The van der Waals surface area contributed by atoms with Crippen LogP contribution in [0.4, 0.5) is 16.2 Å². The minimum Gasteiger partial charge on any atom is -0.292 e. The maximum atomic E-state index is 13.3. The summed E-state index contributed by atoms with van der Waals surface area (Å²) in [5.74, 6) is 0.439. The first-order valence-corrected chi connectivity index (χ1v) is 10.4. The first-order chi connectivity index (χ1) is 12.4. The van der Waals surface area contributed by atoms with E-state index >= 15 is 0 Å². The van der Waals surface area contributed by atoms with Gasteiger partial charge in [-0.25, -0.2) is 13.2 Å². The van der Waals surface area contributed by atoms with Gasteiger partial charge in [-0.3, -0.25) is 4.90 Å². The Morgan fingerprint density at radius 3 is 2.31 bits per heavy atom. The van der Waals surface area contributed by atoms with Crippen LogP contribution in [0.1, 0.15) is 30.4 Å². The molecule has 2 amide bonds. The lowest BCUT2D eigenvalue weighted by molar-refractivity contribution is 0.248. The first kappa shape index (κ1) is 17.1. The summed E-state index contributed by atoms with van der Waals surface area (Å²) in [5, 5.41) is 0. The van der Waals surface area contributed by atoms with E-state index in [4.69, 9.17) is 0 Å². The summed E-state index contributed by atoms with van der Waals surface area (Å²) in [5.41, 5.74) is 2.74. The van der Waals surface area contributed by atoms with Gasteiger partial charge in [-0.05, 0) is 68.0 Å². The van der Waals surface area contributed by atoms with Crippen LogP contribution in [-0.4, -0.2) is 21.0 Å². The molecule has 0 bridgehead atoms. The number of urea groups is 1. The van der Waals surface area contributed by atoms with Crippen molar-refractivity contribution in [2.24, 2.45) is 5.92 Å². The molecular formula is C20H22N2O3S. The van der Waals surface area contributed by atoms with Crippen LogP contribution in [-0.2, 0) is 10.0 Å². The minimum atomic E-state index is -3.93. The predicted molar refractivity (Wildman–Crippen MR) is 102 cm³/mol. The van der Waals surface area contributed by atoms with Crippen molar-refractivity contribution in [3.8, 4) is 0 Å². The van der Waals surface area contributed by atoms with E-state index in [1.807, 2.05) is 19.9 Å². The average molecular weight is 370 g/mol. The van der Waals surface area contributed by atoms with Crippen LogP contribution in [0.25, 0.3) is 0 Å². The molecule has 2 aromatic rings. The highest BCUT2D eigenvalue weighted by Gasteiger charge is 2.43. The number of sulfonamides is 1. The topological polar surface area (TPSA) is 57.7 Å². The maximum Gasteiger partial charge on any atom is 0.343 e. The summed E-state index contributed by atoms with van der Waals surface area (Å²) in [6.07, 6.45) is 3.35. The molecular weight excluding hydrogens is 348 g/mol. The molecule has 0 spiro atoms. The zero-order valence-corrected chi connectivity index (χ0v) is 15.8. The Balaban J connectivity index is 1.87. The predicted octanol–water partition coefficient (Wildman–Crippen LogP) is 4.24. The second-order valence-corrected chi connectivity index (χ2v) is 9.03. The van der Waals surface area contributed by atoms with Gasteiger partial charge in [-0.15, -0.1) is 0 Å². The van der Waals surface area contributed by atoms with Crippen LogP contribution >= 0.6 is 0 Å². The number of rotatable bonds is 3. The monoisotopic (exact) mass is 370 g/mol. The van der Waals surface area contributed by atoms with Gasteiger partial charge >= 0.3 is 6.03 Å². The Morgan fingerprint density at radius 1 is 1.04 bits per heavy atom. The molecule has 0 radical (unpaired) electrons. The van der Waals surface area contributed by atoms with Crippen molar-refractivity contribution < 1.29 is 13.2 Å². The van der Waals surface area contributed by atoms with Gasteiger partial charge in [0.15, 0.2) is 0 Å². The molecule has 2 aliphatic rings. The molecule has 1 aliphatic carbocycles. The Kier molecular flexibility index (Phi) is 4.03. The van der Waals surface area contributed by atoms with Gasteiger partial charge in [0, 0.05) is 6.54 Å². The number of hydrogen-bond donors (Lipinski definition) is 0. The van der Waals surface area contributed by atoms with Gasteiger partial charge in [0.25, 0.3) is 10.0 Å². The van der Waals surface area contributed by atoms with Crippen molar-refractivity contribution in [2.75, 3.05) is 15.7 Å². The fourth-order valence-electron chi connectivity index (χ4n) is 3.74. The molecule has 0 atom stereocenters. The van der Waals surface area contributed by atoms with E-state index in [1.54, 1.807) is 41.3 Å². The standard InChI is InChI=1S/C20H22N2O3S/c1-14-10-15(2)12-17(11-14)22-20(23)21(13-16-6-5-7-16)18-8-3-4-9-19(18)26(22,24)25/h3-4,8-12,16H,5-7,13H2,1-2H3. The first-order valence-electron chi connectivity index (χ1n) is 8.92. The number of amides is 2. The molecule has 0 N–H and O–H groups in total. The number of benzene rings is 2. The summed E-state index contributed by atoms with van der Waals surface area (Å²) in [7, 11) is -3.93. The van der Waals surface area contributed by atoms with Gasteiger partial charge in [0.1, 0.15) is 4.90 Å². The Bertz CT molecular complexity index is 960. The minimum absolute atomic E-state index is 0.193. The van der Waals surface area contributed by atoms with Crippen molar-refractivity contribution in [3.05, 3.63) is 53.6 Å². The highest BCUT2D eigenvalue weighted by atomic mass is 32.2. The molecule has 6 heteroatoms. The Morgan fingerprint density at radius 2 is 1.69 bits per heavy atom. The van der Waals surface area contributed by atoms with Crippen LogP contribution in [0.5, 0.6) is 0 Å². The van der Waals surface area contributed by atoms with Gasteiger partial charge < -0.3 is 0 Å². The highest BCUT2D eigenvalue weighted by Crippen LogP contribution is 2.39. The largest absolute Gasteiger partial charge is 0.343 e. The summed E-state index contributed by atoms with van der Waals surface area (Å²) in [4.78, 5) is 15.1. The van der Waals surface area contributed by atoms with E-state index in [9.17, 15) is 13.2 Å². The van der Waals surface area contributed by atoms with Crippen LogP contribution in [0, 0.1) is 19.8 Å².